The van der Waals surface area contributed by atoms with Gasteiger partial charge in [-0.1, -0.05) is 23.7 Å². The highest BCUT2D eigenvalue weighted by Gasteiger charge is 2.36. The third-order valence-corrected chi connectivity index (χ3v) is 9.77. The Morgan fingerprint density at radius 1 is 1.02 bits per heavy atom. The number of thioether (sulfide) groups is 1. The number of carboxylic acids is 1. The lowest BCUT2D eigenvalue weighted by Crippen LogP contribution is -2.29. The summed E-state index contributed by atoms with van der Waals surface area (Å²) in [6.07, 6.45) is 1.59. The molecular formula is C30H15ClN4O6S3. The predicted molar refractivity (Wildman–Crippen MR) is 169 cm³/mol. The number of amides is 3. The van der Waals surface area contributed by atoms with Crippen molar-refractivity contribution in [3.63, 3.8) is 0 Å². The average molecular weight is 659 g/mol. The van der Waals surface area contributed by atoms with E-state index in [-0.39, 0.29) is 33.5 Å². The minimum Gasteiger partial charge on any atom is -0.478 e. The number of aromatic carboxylic acids is 1. The van der Waals surface area contributed by atoms with Gasteiger partial charge in [0, 0.05) is 6.08 Å². The van der Waals surface area contributed by atoms with Crippen LogP contribution in [0.2, 0.25) is 5.02 Å². The zero-order valence-electron chi connectivity index (χ0n) is 21.9. The van der Waals surface area contributed by atoms with E-state index in [1.54, 1.807) is 66.7 Å². The number of anilines is 1. The molecule has 2 aliphatic heterocycles. The van der Waals surface area contributed by atoms with Gasteiger partial charge in [-0.3, -0.25) is 14.4 Å². The van der Waals surface area contributed by atoms with Gasteiger partial charge in [-0.25, -0.2) is 19.7 Å². The maximum absolute atomic E-state index is 12.9. The van der Waals surface area contributed by atoms with E-state index in [2.05, 4.69) is 15.3 Å². The minimum absolute atomic E-state index is 0.0874. The molecule has 0 bridgehead atoms. The van der Waals surface area contributed by atoms with Crippen molar-refractivity contribution in [2.24, 2.45) is 4.99 Å². The second-order valence-electron chi connectivity index (χ2n) is 9.33. The number of carbonyl (C=O) groups is 4. The number of aromatic nitrogens is 1. The molecule has 0 saturated carbocycles. The van der Waals surface area contributed by atoms with E-state index in [9.17, 15) is 24.3 Å². The van der Waals surface area contributed by atoms with Crippen molar-refractivity contribution in [2.45, 2.75) is 9.43 Å². The molecule has 0 radical (unpaired) electrons. The lowest BCUT2D eigenvalue weighted by atomic mass is 10.1. The zero-order chi connectivity index (χ0) is 30.5. The molecule has 5 aromatic rings. The number of nitrogens with one attached hydrogen (secondary N) is 1. The van der Waals surface area contributed by atoms with Crippen molar-refractivity contribution < 1.29 is 28.7 Å². The van der Waals surface area contributed by atoms with Gasteiger partial charge in [0.15, 0.2) is 14.6 Å². The molecule has 1 saturated heterocycles. The Bertz CT molecular complexity index is 2100. The van der Waals surface area contributed by atoms with Crippen LogP contribution in [0.4, 0.5) is 11.4 Å². The molecule has 0 aliphatic carbocycles. The first kappa shape index (κ1) is 28.1. The lowest BCUT2D eigenvalue weighted by molar-refractivity contribution is -0.115. The third-order valence-electron chi connectivity index (χ3n) is 6.53. The molecule has 14 heteroatoms. The maximum Gasteiger partial charge on any atom is 0.337 e. The fourth-order valence-electron chi connectivity index (χ4n) is 4.53. The quantitative estimate of drug-likeness (QED) is 0.144. The Hall–Kier alpha value is -4.69. The molecule has 216 valence electrons. The van der Waals surface area contributed by atoms with Crippen LogP contribution in [0.15, 0.2) is 96.5 Å². The predicted octanol–water partition coefficient (Wildman–Crippen LogP) is 7.08. The molecule has 0 atom stereocenters. The van der Waals surface area contributed by atoms with E-state index >= 15 is 0 Å². The highest BCUT2D eigenvalue weighted by atomic mass is 35.5. The number of carboxylic acid groups (broad SMARTS) is 1. The molecule has 3 amide bonds. The molecule has 0 spiro atoms. The Balaban J connectivity index is 1.06. The average Bonchev–Trinajstić information content (AvgIpc) is 3.76. The molecule has 0 unspecified atom stereocenters. The molecular weight excluding hydrogens is 644 g/mol. The summed E-state index contributed by atoms with van der Waals surface area (Å²) in [5, 5.41) is 12.9. The van der Waals surface area contributed by atoms with Gasteiger partial charge in [0.05, 0.1) is 48.2 Å². The number of rotatable bonds is 6. The number of benzene rings is 3. The van der Waals surface area contributed by atoms with Gasteiger partial charge in [0.2, 0.25) is 0 Å². The lowest BCUT2D eigenvalue weighted by Gasteiger charge is -2.13. The molecule has 2 aromatic heterocycles. The number of nitrogens with zero attached hydrogens (tertiary/aromatic N) is 3. The number of aliphatic imine (C=N–C) groups is 1. The largest absolute Gasteiger partial charge is 0.478 e. The molecule has 2 aliphatic rings. The van der Waals surface area contributed by atoms with Gasteiger partial charge >= 0.3 is 5.97 Å². The van der Waals surface area contributed by atoms with Crippen molar-refractivity contribution in [3.8, 4) is 0 Å². The second-order valence-corrected chi connectivity index (χ2v) is 13.1. The summed E-state index contributed by atoms with van der Waals surface area (Å²) >= 11 is 9.71. The number of thiazole rings is 1. The number of carbonyl (C=O) groups excluding carboxylic acids is 3. The van der Waals surface area contributed by atoms with Gasteiger partial charge in [-0.15, -0.1) is 11.3 Å². The van der Waals surface area contributed by atoms with Crippen molar-refractivity contribution in [1.29, 1.82) is 0 Å². The molecule has 7 rings (SSSR count). The van der Waals surface area contributed by atoms with Gasteiger partial charge in [-0.2, -0.15) is 0 Å². The van der Waals surface area contributed by atoms with Crippen LogP contribution in [0, 0.1) is 0 Å². The van der Waals surface area contributed by atoms with E-state index in [0.717, 1.165) is 16.5 Å². The van der Waals surface area contributed by atoms with Crippen LogP contribution < -0.4 is 10.2 Å². The Kier molecular flexibility index (Phi) is 7.09. The standard InChI is InChI=1S/C30H15ClN4O6S3/c31-20-8-5-14(11-19(20)28(39)40)32-29-34-25(36)23(42-29)13-16-7-10-24(41-16)44-30-33-21-9-6-15(12-22(21)43-30)35-26(37)17-3-1-2-4-18(17)27(35)38/h1-13H,(H,39,40)(H,32,34,36)/b23-13-. The van der Waals surface area contributed by atoms with Crippen LogP contribution >= 0.6 is 46.5 Å². The van der Waals surface area contributed by atoms with E-state index in [1.807, 2.05) is 0 Å². The number of amidine groups is 1. The van der Waals surface area contributed by atoms with E-state index in [1.165, 1.54) is 40.1 Å². The zero-order valence-corrected chi connectivity index (χ0v) is 25.1. The molecule has 2 N–H and O–H groups in total. The molecule has 4 heterocycles. The van der Waals surface area contributed by atoms with Crippen LogP contribution in [-0.2, 0) is 4.79 Å². The summed E-state index contributed by atoms with van der Waals surface area (Å²) < 4.78 is 7.41. The highest BCUT2D eigenvalue weighted by Crippen LogP contribution is 2.38. The number of hydrogen-bond acceptors (Lipinski definition) is 10. The number of halogens is 1. The summed E-state index contributed by atoms with van der Waals surface area (Å²) in [6.45, 7) is 0. The van der Waals surface area contributed by atoms with Crippen LogP contribution in [0.3, 0.4) is 0 Å². The van der Waals surface area contributed by atoms with Gasteiger partial charge < -0.3 is 14.8 Å². The van der Waals surface area contributed by atoms with Crippen LogP contribution in [-0.4, -0.2) is 38.9 Å². The smallest absolute Gasteiger partial charge is 0.337 e. The molecule has 3 aromatic carbocycles. The van der Waals surface area contributed by atoms with Gasteiger partial charge in [-0.05, 0) is 84.2 Å². The monoisotopic (exact) mass is 658 g/mol. The van der Waals surface area contributed by atoms with E-state index in [4.69, 9.17) is 16.0 Å². The van der Waals surface area contributed by atoms with Gasteiger partial charge in [0.25, 0.3) is 17.7 Å². The summed E-state index contributed by atoms with van der Waals surface area (Å²) in [5.74, 6) is -1.81. The molecule has 44 heavy (non-hydrogen) atoms. The first-order chi connectivity index (χ1) is 21.2. The number of hydrogen-bond donors (Lipinski definition) is 2. The first-order valence-corrected chi connectivity index (χ1v) is 15.5. The Morgan fingerprint density at radius 3 is 2.55 bits per heavy atom. The third kappa shape index (κ3) is 5.19. The normalized spacial score (nSPS) is 16.4. The van der Waals surface area contributed by atoms with Crippen LogP contribution in [0.1, 0.15) is 36.8 Å². The SMILES string of the molecule is O=C1NC(=Nc2ccc(Cl)c(C(=O)O)c2)S/C1=C\c1ccc(Sc2nc3ccc(N4C(=O)c5ccccc5C4=O)cc3s2)o1. The minimum atomic E-state index is -1.18. The van der Waals surface area contributed by atoms with Crippen molar-refractivity contribution in [3.05, 3.63) is 105 Å². The van der Waals surface area contributed by atoms with Crippen LogP contribution in [0.5, 0.6) is 0 Å². The summed E-state index contributed by atoms with van der Waals surface area (Å²) in [6, 6.07) is 19.8. The second kappa shape index (κ2) is 11.1. The van der Waals surface area contributed by atoms with Crippen molar-refractivity contribution >= 4 is 103 Å². The van der Waals surface area contributed by atoms with E-state index in [0.29, 0.717) is 48.1 Å². The summed E-state index contributed by atoms with van der Waals surface area (Å²) in [7, 11) is 0. The van der Waals surface area contributed by atoms with Crippen molar-refractivity contribution in [2.75, 3.05) is 4.90 Å². The summed E-state index contributed by atoms with van der Waals surface area (Å²) in [4.78, 5) is 60.2. The fraction of sp³-hybridized carbons (Fsp3) is 0. The van der Waals surface area contributed by atoms with E-state index < -0.39 is 5.97 Å². The Labute approximate surface area is 265 Å². The number of fused-ring (bicyclic) bond motifs is 2. The number of imide groups is 1. The topological polar surface area (TPSA) is 142 Å². The van der Waals surface area contributed by atoms with Crippen molar-refractivity contribution in [1.82, 2.24) is 10.3 Å². The highest BCUT2D eigenvalue weighted by molar-refractivity contribution is 8.18. The maximum atomic E-state index is 12.9. The first-order valence-electron chi connectivity index (χ1n) is 12.7. The summed E-state index contributed by atoms with van der Waals surface area (Å²) in [5.41, 5.74) is 2.21. The fourth-order valence-corrected chi connectivity index (χ4v) is 7.55. The van der Waals surface area contributed by atoms with Crippen LogP contribution in [0.25, 0.3) is 16.3 Å². The number of furan rings is 1. The molecule has 1 fully saturated rings. The van der Waals surface area contributed by atoms with Gasteiger partial charge in [0.1, 0.15) is 5.76 Å². The Morgan fingerprint density at radius 2 is 1.80 bits per heavy atom. The molecule has 10 nitrogen and oxygen atoms in total.